The summed E-state index contributed by atoms with van der Waals surface area (Å²) in [5.74, 6) is 0.864. The first-order chi connectivity index (χ1) is 4.43. The Morgan fingerprint density at radius 3 is 2.10 bits per heavy atom. The van der Waals surface area contributed by atoms with E-state index < -0.39 is 10.0 Å². The lowest BCUT2D eigenvalue weighted by Crippen LogP contribution is -2.27. The normalized spacial score (nSPS) is 35.5. The Labute approximate surface area is 61.7 Å². The van der Waals surface area contributed by atoms with Crippen LogP contribution in [0.15, 0.2) is 0 Å². The van der Waals surface area contributed by atoms with Crippen molar-refractivity contribution in [3.8, 4) is 0 Å². The molecule has 0 aromatic carbocycles. The molecule has 0 spiro atoms. The van der Waals surface area contributed by atoms with Gasteiger partial charge in [0.25, 0.3) is 0 Å². The van der Waals surface area contributed by atoms with E-state index in [0.29, 0.717) is 11.8 Å². The predicted molar refractivity (Wildman–Crippen MR) is 39.8 cm³/mol. The molecule has 10 heavy (non-hydrogen) atoms. The number of primary sulfonamides is 1. The summed E-state index contributed by atoms with van der Waals surface area (Å²) in [5.41, 5.74) is 0. The van der Waals surface area contributed by atoms with Gasteiger partial charge in [-0.25, -0.2) is 13.6 Å². The van der Waals surface area contributed by atoms with Gasteiger partial charge in [0.2, 0.25) is 10.0 Å². The molecule has 60 valence electrons. The van der Waals surface area contributed by atoms with E-state index in [1.807, 2.05) is 6.92 Å². The summed E-state index contributed by atoms with van der Waals surface area (Å²) >= 11 is 0. The topological polar surface area (TPSA) is 60.2 Å². The molecule has 3 atom stereocenters. The standard InChI is InChI=1S/C6H13NO2S/c1-4-3-6(4)5(2)10(7,8)9/h4-6H,3H2,1-2H3,(H2,7,8,9). The Bertz CT molecular complexity index is 222. The average Bonchev–Trinajstić information content (AvgIpc) is 2.42. The van der Waals surface area contributed by atoms with Crippen LogP contribution in [0.1, 0.15) is 20.3 Å². The lowest BCUT2D eigenvalue weighted by Gasteiger charge is -2.05. The van der Waals surface area contributed by atoms with E-state index in [0.717, 1.165) is 6.42 Å². The van der Waals surface area contributed by atoms with Gasteiger partial charge in [-0.1, -0.05) is 6.92 Å². The lowest BCUT2D eigenvalue weighted by molar-refractivity contribution is 0.570. The van der Waals surface area contributed by atoms with Crippen LogP contribution in [0.4, 0.5) is 0 Å². The van der Waals surface area contributed by atoms with Crippen molar-refractivity contribution in [3.05, 3.63) is 0 Å². The van der Waals surface area contributed by atoms with Crippen molar-refractivity contribution >= 4 is 10.0 Å². The first kappa shape index (κ1) is 8.01. The van der Waals surface area contributed by atoms with Gasteiger partial charge in [0.05, 0.1) is 5.25 Å². The second kappa shape index (κ2) is 2.20. The Morgan fingerprint density at radius 2 is 2.00 bits per heavy atom. The molecular weight excluding hydrogens is 150 g/mol. The molecule has 0 bridgehead atoms. The van der Waals surface area contributed by atoms with Gasteiger partial charge in [-0.2, -0.15) is 0 Å². The van der Waals surface area contributed by atoms with E-state index in [1.54, 1.807) is 6.92 Å². The van der Waals surface area contributed by atoms with E-state index in [4.69, 9.17) is 5.14 Å². The highest BCUT2D eigenvalue weighted by Gasteiger charge is 2.41. The second-order valence-electron chi connectivity index (χ2n) is 3.17. The zero-order valence-electron chi connectivity index (χ0n) is 6.24. The van der Waals surface area contributed by atoms with E-state index in [-0.39, 0.29) is 5.25 Å². The van der Waals surface area contributed by atoms with Crippen molar-refractivity contribution in [1.29, 1.82) is 0 Å². The molecule has 0 heterocycles. The SMILES string of the molecule is CC1CC1C(C)S(N)(=O)=O. The molecule has 2 N–H and O–H groups in total. The monoisotopic (exact) mass is 163 g/mol. The van der Waals surface area contributed by atoms with Crippen LogP contribution in [-0.2, 0) is 10.0 Å². The molecule has 0 aromatic heterocycles. The van der Waals surface area contributed by atoms with Gasteiger partial charge < -0.3 is 0 Å². The van der Waals surface area contributed by atoms with Crippen LogP contribution in [0.3, 0.4) is 0 Å². The molecule has 0 aromatic rings. The van der Waals surface area contributed by atoms with E-state index in [2.05, 4.69) is 0 Å². The van der Waals surface area contributed by atoms with Gasteiger partial charge in [-0.3, -0.25) is 0 Å². The minimum Gasteiger partial charge on any atom is -0.228 e. The van der Waals surface area contributed by atoms with E-state index in [9.17, 15) is 8.42 Å². The lowest BCUT2D eigenvalue weighted by atomic mass is 10.3. The Hall–Kier alpha value is -0.0900. The van der Waals surface area contributed by atoms with E-state index in [1.165, 1.54) is 0 Å². The van der Waals surface area contributed by atoms with Crippen LogP contribution in [0.2, 0.25) is 0 Å². The fourth-order valence-electron chi connectivity index (χ4n) is 1.25. The quantitative estimate of drug-likeness (QED) is 0.637. The number of hydrogen-bond donors (Lipinski definition) is 1. The van der Waals surface area contributed by atoms with Crippen LogP contribution in [-0.4, -0.2) is 13.7 Å². The summed E-state index contributed by atoms with van der Waals surface area (Å²) in [7, 11) is -3.27. The molecule has 1 aliphatic rings. The van der Waals surface area contributed by atoms with E-state index >= 15 is 0 Å². The van der Waals surface area contributed by atoms with Crippen molar-refractivity contribution < 1.29 is 8.42 Å². The largest absolute Gasteiger partial charge is 0.228 e. The molecule has 0 amide bonds. The highest BCUT2D eigenvalue weighted by atomic mass is 32.2. The van der Waals surface area contributed by atoms with Crippen LogP contribution in [0, 0.1) is 11.8 Å². The Balaban J connectivity index is 2.60. The molecule has 0 aliphatic heterocycles. The first-order valence-corrected chi connectivity index (χ1v) is 5.05. The summed E-state index contributed by atoms with van der Waals surface area (Å²) in [6.07, 6.45) is 1.01. The third kappa shape index (κ3) is 1.49. The number of hydrogen-bond acceptors (Lipinski definition) is 2. The summed E-state index contributed by atoms with van der Waals surface area (Å²) < 4.78 is 21.5. The molecule has 1 saturated carbocycles. The number of sulfonamides is 1. The van der Waals surface area contributed by atoms with Crippen LogP contribution < -0.4 is 5.14 Å². The molecule has 1 aliphatic carbocycles. The van der Waals surface area contributed by atoms with Crippen molar-refractivity contribution in [2.45, 2.75) is 25.5 Å². The minimum atomic E-state index is -3.27. The van der Waals surface area contributed by atoms with Crippen molar-refractivity contribution in [3.63, 3.8) is 0 Å². The maximum atomic E-state index is 10.7. The molecule has 1 fully saturated rings. The molecule has 3 nitrogen and oxygen atoms in total. The molecule has 0 radical (unpaired) electrons. The number of nitrogens with two attached hydrogens (primary N) is 1. The minimum absolute atomic E-state index is 0.315. The highest BCUT2D eigenvalue weighted by molar-refractivity contribution is 7.89. The van der Waals surface area contributed by atoms with Crippen LogP contribution >= 0.6 is 0 Å². The maximum Gasteiger partial charge on any atom is 0.211 e. The smallest absolute Gasteiger partial charge is 0.211 e. The zero-order chi connectivity index (χ0) is 7.94. The molecule has 1 rings (SSSR count). The van der Waals surface area contributed by atoms with Crippen LogP contribution in [0.25, 0.3) is 0 Å². The van der Waals surface area contributed by atoms with Crippen molar-refractivity contribution in [1.82, 2.24) is 0 Å². The zero-order valence-corrected chi connectivity index (χ0v) is 7.06. The Kier molecular flexibility index (Phi) is 1.76. The molecular formula is C6H13NO2S. The van der Waals surface area contributed by atoms with Gasteiger partial charge >= 0.3 is 0 Å². The predicted octanol–water partition coefficient (Wildman–Crippen LogP) is 0.319. The number of rotatable bonds is 2. The average molecular weight is 163 g/mol. The third-order valence-corrected chi connectivity index (χ3v) is 3.68. The highest BCUT2D eigenvalue weighted by Crippen LogP contribution is 2.42. The Morgan fingerprint density at radius 1 is 1.60 bits per heavy atom. The molecule has 0 saturated heterocycles. The van der Waals surface area contributed by atoms with Gasteiger partial charge in [-0.15, -0.1) is 0 Å². The fraction of sp³-hybridized carbons (Fsp3) is 1.00. The van der Waals surface area contributed by atoms with Gasteiger partial charge in [-0.05, 0) is 25.2 Å². The van der Waals surface area contributed by atoms with Gasteiger partial charge in [0.1, 0.15) is 0 Å². The first-order valence-electron chi connectivity index (χ1n) is 3.44. The van der Waals surface area contributed by atoms with Gasteiger partial charge in [0, 0.05) is 0 Å². The second-order valence-corrected chi connectivity index (χ2v) is 5.09. The maximum absolute atomic E-state index is 10.7. The third-order valence-electron chi connectivity index (χ3n) is 2.29. The fourth-order valence-corrected chi connectivity index (χ4v) is 2.12. The van der Waals surface area contributed by atoms with Crippen molar-refractivity contribution in [2.75, 3.05) is 0 Å². The molecule has 3 unspecified atom stereocenters. The van der Waals surface area contributed by atoms with Crippen LogP contribution in [0.5, 0.6) is 0 Å². The summed E-state index contributed by atoms with van der Waals surface area (Å²) in [6.45, 7) is 3.73. The molecule has 4 heteroatoms. The summed E-state index contributed by atoms with van der Waals surface area (Å²) in [4.78, 5) is 0. The van der Waals surface area contributed by atoms with Crippen molar-refractivity contribution in [2.24, 2.45) is 17.0 Å². The summed E-state index contributed by atoms with van der Waals surface area (Å²) in [6, 6.07) is 0. The summed E-state index contributed by atoms with van der Waals surface area (Å²) in [5, 5.41) is 4.61. The van der Waals surface area contributed by atoms with Gasteiger partial charge in [0.15, 0.2) is 0 Å².